The molecular weight excluding hydrogens is 352 g/mol. The number of phenols is 1. The molecule has 0 spiro atoms. The highest BCUT2D eigenvalue weighted by molar-refractivity contribution is 6.30. The zero-order valence-electron chi connectivity index (χ0n) is 14.4. The predicted octanol–water partition coefficient (Wildman–Crippen LogP) is 4.40. The van der Waals surface area contributed by atoms with Crippen molar-refractivity contribution in [3.05, 3.63) is 64.5 Å². The van der Waals surface area contributed by atoms with Gasteiger partial charge in [-0.2, -0.15) is 0 Å². The van der Waals surface area contributed by atoms with Gasteiger partial charge in [0, 0.05) is 29.7 Å². The molecule has 1 aliphatic heterocycles. The van der Waals surface area contributed by atoms with Crippen LogP contribution in [0.4, 0.5) is 0 Å². The highest BCUT2D eigenvalue weighted by atomic mass is 35.5. The second kappa shape index (κ2) is 7.02. The summed E-state index contributed by atoms with van der Waals surface area (Å²) in [5.41, 5.74) is 3.67. The average Bonchev–Trinajstić information content (AvgIpc) is 2.89. The minimum atomic E-state index is 0.148. The quantitative estimate of drug-likeness (QED) is 0.740. The van der Waals surface area contributed by atoms with E-state index in [1.54, 1.807) is 6.07 Å². The Bertz CT molecular complexity index is 939. The summed E-state index contributed by atoms with van der Waals surface area (Å²) in [5, 5.41) is 15.1. The number of phenolic OH excluding ortho intramolecular Hbond substituents is 1. The lowest BCUT2D eigenvalue weighted by molar-refractivity contribution is 0.198. The van der Waals surface area contributed by atoms with E-state index < -0.39 is 0 Å². The molecule has 3 aromatic rings. The summed E-state index contributed by atoms with van der Waals surface area (Å²) in [5.74, 6) is 1.52. The second-order valence-corrected chi connectivity index (χ2v) is 6.92. The van der Waals surface area contributed by atoms with Gasteiger partial charge < -0.3 is 14.4 Å². The molecule has 0 radical (unpaired) electrons. The fraction of sp³-hybridized carbons (Fsp3) is 0.250. The third-order valence-electron chi connectivity index (χ3n) is 4.41. The Hall–Kier alpha value is -2.50. The molecule has 0 saturated heterocycles. The number of benzene rings is 2. The van der Waals surface area contributed by atoms with E-state index in [0.717, 1.165) is 34.7 Å². The van der Waals surface area contributed by atoms with Gasteiger partial charge in [-0.25, -0.2) is 0 Å². The Balaban J connectivity index is 1.65. The average molecular weight is 371 g/mol. The molecule has 0 bridgehead atoms. The van der Waals surface area contributed by atoms with E-state index in [1.807, 2.05) is 43.3 Å². The van der Waals surface area contributed by atoms with E-state index in [9.17, 15) is 5.11 Å². The maximum atomic E-state index is 10.5. The van der Waals surface area contributed by atoms with Crippen molar-refractivity contribution in [2.75, 3.05) is 13.2 Å². The molecule has 1 aromatic heterocycles. The summed E-state index contributed by atoms with van der Waals surface area (Å²) in [7, 11) is 0. The molecular formula is C20H19ClN2O3. The first-order valence-electron chi connectivity index (χ1n) is 8.47. The van der Waals surface area contributed by atoms with Crippen LogP contribution in [0.5, 0.6) is 11.5 Å². The lowest BCUT2D eigenvalue weighted by Crippen LogP contribution is -2.25. The topological polar surface area (TPSA) is 58.7 Å². The van der Waals surface area contributed by atoms with Crippen LogP contribution in [-0.4, -0.2) is 28.3 Å². The van der Waals surface area contributed by atoms with Gasteiger partial charge in [0.2, 0.25) is 0 Å². The van der Waals surface area contributed by atoms with Gasteiger partial charge >= 0.3 is 0 Å². The van der Waals surface area contributed by atoms with Crippen molar-refractivity contribution in [2.24, 2.45) is 0 Å². The van der Waals surface area contributed by atoms with Gasteiger partial charge in [0.1, 0.15) is 6.61 Å². The van der Waals surface area contributed by atoms with Gasteiger partial charge in [-0.15, -0.1) is 0 Å². The highest BCUT2D eigenvalue weighted by Gasteiger charge is 2.21. The monoisotopic (exact) mass is 370 g/mol. The van der Waals surface area contributed by atoms with Crippen LogP contribution < -0.4 is 4.74 Å². The van der Waals surface area contributed by atoms with Gasteiger partial charge in [0.15, 0.2) is 17.3 Å². The second-order valence-electron chi connectivity index (χ2n) is 6.49. The number of fused-ring (bicyclic) bond motifs is 1. The number of hydrogen-bond acceptors (Lipinski definition) is 5. The van der Waals surface area contributed by atoms with Crippen LogP contribution in [0.3, 0.4) is 0 Å². The maximum Gasteiger partial charge on any atom is 0.165 e. The van der Waals surface area contributed by atoms with E-state index in [2.05, 4.69) is 10.1 Å². The molecule has 0 aliphatic carbocycles. The van der Waals surface area contributed by atoms with Crippen LogP contribution in [0.2, 0.25) is 5.02 Å². The molecule has 2 aromatic carbocycles. The van der Waals surface area contributed by atoms with E-state index in [0.29, 0.717) is 30.5 Å². The van der Waals surface area contributed by atoms with E-state index >= 15 is 0 Å². The summed E-state index contributed by atoms with van der Waals surface area (Å²) >= 11 is 6.11. The third kappa shape index (κ3) is 3.54. The van der Waals surface area contributed by atoms with E-state index in [1.165, 1.54) is 0 Å². The van der Waals surface area contributed by atoms with Crippen molar-refractivity contribution in [3.8, 4) is 22.6 Å². The first-order chi connectivity index (χ1) is 12.6. The van der Waals surface area contributed by atoms with Crippen molar-refractivity contribution >= 4 is 11.6 Å². The molecule has 2 heterocycles. The molecule has 0 saturated carbocycles. The van der Waals surface area contributed by atoms with Crippen LogP contribution in [0.1, 0.15) is 17.0 Å². The molecule has 0 unspecified atom stereocenters. The predicted molar refractivity (Wildman–Crippen MR) is 99.4 cm³/mol. The van der Waals surface area contributed by atoms with E-state index in [4.69, 9.17) is 20.9 Å². The Kier molecular flexibility index (Phi) is 4.57. The highest BCUT2D eigenvalue weighted by Crippen LogP contribution is 2.38. The fourth-order valence-electron chi connectivity index (χ4n) is 3.23. The van der Waals surface area contributed by atoms with Gasteiger partial charge in [-0.3, -0.25) is 4.90 Å². The molecule has 134 valence electrons. The minimum Gasteiger partial charge on any atom is -0.504 e. The number of rotatable bonds is 3. The SMILES string of the molecule is Cc1cc(CN2CCOc3c(O)cc(-c4cccc(Cl)c4)cc3C2)on1. The summed E-state index contributed by atoms with van der Waals surface area (Å²) in [6.07, 6.45) is 0. The Morgan fingerprint density at radius 1 is 1.19 bits per heavy atom. The number of aromatic nitrogens is 1. The number of hydrogen-bond donors (Lipinski definition) is 1. The zero-order valence-corrected chi connectivity index (χ0v) is 15.2. The van der Waals surface area contributed by atoms with Crippen molar-refractivity contribution in [2.45, 2.75) is 20.0 Å². The molecule has 0 atom stereocenters. The first kappa shape index (κ1) is 16.9. The van der Waals surface area contributed by atoms with Crippen LogP contribution in [0.25, 0.3) is 11.1 Å². The smallest absolute Gasteiger partial charge is 0.165 e. The molecule has 6 heteroatoms. The maximum absolute atomic E-state index is 10.5. The fourth-order valence-corrected chi connectivity index (χ4v) is 3.42. The summed E-state index contributed by atoms with van der Waals surface area (Å²) < 4.78 is 11.1. The Morgan fingerprint density at radius 2 is 2.08 bits per heavy atom. The largest absolute Gasteiger partial charge is 0.504 e. The molecule has 5 nitrogen and oxygen atoms in total. The van der Waals surface area contributed by atoms with Crippen molar-refractivity contribution < 1.29 is 14.4 Å². The molecule has 4 rings (SSSR count). The van der Waals surface area contributed by atoms with Crippen LogP contribution in [0, 0.1) is 6.92 Å². The van der Waals surface area contributed by atoms with Crippen molar-refractivity contribution in [1.82, 2.24) is 10.1 Å². The van der Waals surface area contributed by atoms with Gasteiger partial charge in [-0.1, -0.05) is 28.9 Å². The number of halogens is 1. The third-order valence-corrected chi connectivity index (χ3v) is 4.64. The molecule has 0 fully saturated rings. The van der Waals surface area contributed by atoms with Crippen LogP contribution >= 0.6 is 11.6 Å². The number of nitrogens with zero attached hydrogens (tertiary/aromatic N) is 2. The molecule has 1 aliphatic rings. The van der Waals surface area contributed by atoms with Gasteiger partial charge in [0.05, 0.1) is 12.2 Å². The standard InChI is InChI=1S/C20H19ClN2O3/c1-13-7-18(26-22-13)12-23-5-6-25-20-16(11-23)8-15(10-19(20)24)14-3-2-4-17(21)9-14/h2-4,7-10,24H,5-6,11-12H2,1H3. The normalized spacial score (nSPS) is 14.5. The Labute approximate surface area is 156 Å². The van der Waals surface area contributed by atoms with E-state index in [-0.39, 0.29) is 5.75 Å². The van der Waals surface area contributed by atoms with Gasteiger partial charge in [-0.05, 0) is 42.3 Å². The first-order valence-corrected chi connectivity index (χ1v) is 8.85. The van der Waals surface area contributed by atoms with Crippen molar-refractivity contribution in [3.63, 3.8) is 0 Å². The molecule has 1 N–H and O–H groups in total. The summed E-state index contributed by atoms with van der Waals surface area (Å²) in [6, 6.07) is 13.3. The lowest BCUT2D eigenvalue weighted by Gasteiger charge is -2.17. The Morgan fingerprint density at radius 3 is 2.85 bits per heavy atom. The van der Waals surface area contributed by atoms with Crippen molar-refractivity contribution in [1.29, 1.82) is 0 Å². The van der Waals surface area contributed by atoms with Crippen LogP contribution in [-0.2, 0) is 13.1 Å². The number of aryl methyl sites for hydroxylation is 1. The molecule has 0 amide bonds. The minimum absolute atomic E-state index is 0.148. The molecule has 26 heavy (non-hydrogen) atoms. The summed E-state index contributed by atoms with van der Waals surface area (Å²) in [6.45, 7) is 4.44. The number of aromatic hydroxyl groups is 1. The number of ether oxygens (including phenoxy) is 1. The lowest BCUT2D eigenvalue weighted by atomic mass is 10.0. The summed E-state index contributed by atoms with van der Waals surface area (Å²) in [4.78, 5) is 2.22. The van der Waals surface area contributed by atoms with Gasteiger partial charge in [0.25, 0.3) is 0 Å². The zero-order chi connectivity index (χ0) is 18.1. The van der Waals surface area contributed by atoms with Crippen LogP contribution in [0.15, 0.2) is 47.0 Å².